The average molecular weight is 202 g/mol. The van der Waals surface area contributed by atoms with Crippen LogP contribution in [0.4, 0.5) is 0 Å². The van der Waals surface area contributed by atoms with Crippen LogP contribution in [-0.2, 0) is 6.54 Å². The molecular weight excluding hydrogens is 188 g/mol. The first-order chi connectivity index (χ1) is 5.72. The summed E-state index contributed by atoms with van der Waals surface area (Å²) in [7, 11) is 2.09. The number of rotatable bonds is 4. The Bertz CT molecular complexity index is 235. The van der Waals surface area contributed by atoms with Gasteiger partial charge in [-0.25, -0.2) is 4.98 Å². The van der Waals surface area contributed by atoms with Crippen LogP contribution in [0.3, 0.4) is 0 Å². The summed E-state index contributed by atoms with van der Waals surface area (Å²) in [6, 6.07) is 0. The van der Waals surface area contributed by atoms with Crippen molar-refractivity contribution in [3.05, 3.63) is 16.1 Å². The maximum atomic E-state index is 4.38. The predicted octanol–water partition coefficient (Wildman–Crippen LogP) is 1.81. The van der Waals surface area contributed by atoms with E-state index >= 15 is 0 Å². The molecule has 1 heterocycles. The summed E-state index contributed by atoms with van der Waals surface area (Å²) in [5.74, 6) is 0.902. The van der Waals surface area contributed by atoms with Crippen molar-refractivity contribution in [1.82, 2.24) is 9.88 Å². The lowest BCUT2D eigenvalue weighted by atomic mass is 10.4. The number of aryl methyl sites for hydroxylation is 1. The molecular formula is C8H14N2S2. The van der Waals surface area contributed by atoms with E-state index in [4.69, 9.17) is 0 Å². The minimum absolute atomic E-state index is 0.902. The molecule has 0 saturated carbocycles. The van der Waals surface area contributed by atoms with Crippen LogP contribution in [0.25, 0.3) is 0 Å². The number of hydrogen-bond donors (Lipinski definition) is 1. The Labute approximate surface area is 83.0 Å². The SMILES string of the molecule is Cc1nc(CN(C)CCS)cs1. The molecule has 0 bridgehead atoms. The van der Waals surface area contributed by atoms with Crippen molar-refractivity contribution in [2.24, 2.45) is 0 Å². The second kappa shape index (κ2) is 4.84. The smallest absolute Gasteiger partial charge is 0.0897 e. The van der Waals surface area contributed by atoms with E-state index in [0.717, 1.165) is 23.8 Å². The van der Waals surface area contributed by atoms with Crippen molar-refractivity contribution in [3.8, 4) is 0 Å². The van der Waals surface area contributed by atoms with Gasteiger partial charge >= 0.3 is 0 Å². The fourth-order valence-corrected chi connectivity index (χ4v) is 1.95. The number of aromatic nitrogens is 1. The first-order valence-corrected chi connectivity index (χ1v) is 5.44. The third-order valence-corrected chi connectivity index (χ3v) is 2.60. The zero-order chi connectivity index (χ0) is 8.97. The van der Waals surface area contributed by atoms with Gasteiger partial charge in [-0.1, -0.05) is 0 Å². The highest BCUT2D eigenvalue weighted by atomic mass is 32.1. The summed E-state index contributed by atoms with van der Waals surface area (Å²) in [6.07, 6.45) is 0. The maximum Gasteiger partial charge on any atom is 0.0897 e. The monoisotopic (exact) mass is 202 g/mol. The molecule has 0 aliphatic heterocycles. The standard InChI is InChI=1S/C8H14N2S2/c1-7-9-8(6-12-7)5-10(2)3-4-11/h6,11H,3-5H2,1-2H3. The van der Waals surface area contributed by atoms with E-state index in [1.165, 1.54) is 5.69 Å². The Balaban J connectivity index is 2.41. The first-order valence-electron chi connectivity index (χ1n) is 3.93. The van der Waals surface area contributed by atoms with Crippen LogP contribution in [0.1, 0.15) is 10.7 Å². The molecule has 4 heteroatoms. The second-order valence-corrected chi connectivity index (χ2v) is 4.33. The predicted molar refractivity (Wildman–Crippen MR) is 57.0 cm³/mol. The van der Waals surface area contributed by atoms with Crippen LogP contribution >= 0.6 is 24.0 Å². The molecule has 1 rings (SSSR count). The van der Waals surface area contributed by atoms with Crippen molar-refractivity contribution in [2.45, 2.75) is 13.5 Å². The van der Waals surface area contributed by atoms with Crippen LogP contribution in [0.15, 0.2) is 5.38 Å². The quantitative estimate of drug-likeness (QED) is 0.750. The fraction of sp³-hybridized carbons (Fsp3) is 0.625. The molecule has 0 amide bonds. The molecule has 0 radical (unpaired) electrons. The Hall–Kier alpha value is -0.0600. The summed E-state index contributed by atoms with van der Waals surface area (Å²) in [4.78, 5) is 6.61. The molecule has 0 atom stereocenters. The second-order valence-electron chi connectivity index (χ2n) is 2.82. The molecule has 0 aliphatic rings. The van der Waals surface area contributed by atoms with Gasteiger partial charge in [0.15, 0.2) is 0 Å². The number of thiazole rings is 1. The van der Waals surface area contributed by atoms with Gasteiger partial charge in [0.05, 0.1) is 10.7 Å². The summed E-state index contributed by atoms with van der Waals surface area (Å²) in [6.45, 7) is 3.98. The Morgan fingerprint density at radius 2 is 2.42 bits per heavy atom. The normalized spacial score (nSPS) is 11.0. The topological polar surface area (TPSA) is 16.1 Å². The van der Waals surface area contributed by atoms with Crippen molar-refractivity contribution in [2.75, 3.05) is 19.3 Å². The Morgan fingerprint density at radius 1 is 1.67 bits per heavy atom. The van der Waals surface area contributed by atoms with Gasteiger partial charge in [0.2, 0.25) is 0 Å². The van der Waals surface area contributed by atoms with Crippen LogP contribution < -0.4 is 0 Å². The lowest BCUT2D eigenvalue weighted by Crippen LogP contribution is -2.20. The first kappa shape index (κ1) is 10.0. The molecule has 0 aromatic carbocycles. The Morgan fingerprint density at radius 3 is 2.92 bits per heavy atom. The minimum atomic E-state index is 0.902. The van der Waals surface area contributed by atoms with Gasteiger partial charge in [-0.15, -0.1) is 11.3 Å². The Kier molecular flexibility index (Phi) is 4.05. The van der Waals surface area contributed by atoms with Gasteiger partial charge < -0.3 is 0 Å². The minimum Gasteiger partial charge on any atom is -0.300 e. The van der Waals surface area contributed by atoms with Crippen molar-refractivity contribution >= 4 is 24.0 Å². The van der Waals surface area contributed by atoms with E-state index in [9.17, 15) is 0 Å². The number of thiol groups is 1. The summed E-state index contributed by atoms with van der Waals surface area (Å²) in [5.41, 5.74) is 1.17. The van der Waals surface area contributed by atoms with Crippen LogP contribution in [0.5, 0.6) is 0 Å². The van der Waals surface area contributed by atoms with E-state index in [1.54, 1.807) is 11.3 Å². The summed E-state index contributed by atoms with van der Waals surface area (Å²) >= 11 is 5.88. The molecule has 0 spiro atoms. The van der Waals surface area contributed by atoms with E-state index in [2.05, 4.69) is 34.9 Å². The number of nitrogens with zero attached hydrogens (tertiary/aromatic N) is 2. The van der Waals surface area contributed by atoms with Crippen molar-refractivity contribution in [3.63, 3.8) is 0 Å². The molecule has 1 aromatic rings. The van der Waals surface area contributed by atoms with Crippen LogP contribution in [0, 0.1) is 6.92 Å². The molecule has 0 fully saturated rings. The molecule has 0 aliphatic carbocycles. The molecule has 2 nitrogen and oxygen atoms in total. The van der Waals surface area contributed by atoms with Crippen molar-refractivity contribution in [1.29, 1.82) is 0 Å². The van der Waals surface area contributed by atoms with E-state index in [1.807, 2.05) is 6.92 Å². The van der Waals surface area contributed by atoms with Crippen LogP contribution in [-0.4, -0.2) is 29.2 Å². The average Bonchev–Trinajstić information content (AvgIpc) is 2.36. The van der Waals surface area contributed by atoms with Gasteiger partial charge in [0.1, 0.15) is 0 Å². The van der Waals surface area contributed by atoms with Gasteiger partial charge in [-0.2, -0.15) is 12.6 Å². The third-order valence-electron chi connectivity index (χ3n) is 1.58. The van der Waals surface area contributed by atoms with Gasteiger partial charge in [0, 0.05) is 24.2 Å². The molecule has 1 aromatic heterocycles. The van der Waals surface area contributed by atoms with E-state index < -0.39 is 0 Å². The molecule has 0 saturated heterocycles. The molecule has 12 heavy (non-hydrogen) atoms. The highest BCUT2D eigenvalue weighted by Gasteiger charge is 2.01. The van der Waals surface area contributed by atoms with Gasteiger partial charge in [-0.3, -0.25) is 4.90 Å². The van der Waals surface area contributed by atoms with Gasteiger partial charge in [-0.05, 0) is 14.0 Å². The summed E-state index contributed by atoms with van der Waals surface area (Å²) in [5, 5.41) is 3.26. The van der Waals surface area contributed by atoms with E-state index in [0.29, 0.717) is 0 Å². The third kappa shape index (κ3) is 3.13. The van der Waals surface area contributed by atoms with Gasteiger partial charge in [0.25, 0.3) is 0 Å². The zero-order valence-electron chi connectivity index (χ0n) is 7.45. The van der Waals surface area contributed by atoms with Crippen molar-refractivity contribution < 1.29 is 0 Å². The van der Waals surface area contributed by atoms with Crippen LogP contribution in [0.2, 0.25) is 0 Å². The molecule has 68 valence electrons. The molecule has 0 N–H and O–H groups in total. The summed E-state index contributed by atoms with van der Waals surface area (Å²) < 4.78 is 0. The maximum absolute atomic E-state index is 4.38. The lowest BCUT2D eigenvalue weighted by Gasteiger charge is -2.12. The highest BCUT2D eigenvalue weighted by molar-refractivity contribution is 7.80. The zero-order valence-corrected chi connectivity index (χ0v) is 9.16. The fourth-order valence-electron chi connectivity index (χ4n) is 1.01. The number of hydrogen-bond acceptors (Lipinski definition) is 4. The lowest BCUT2D eigenvalue weighted by molar-refractivity contribution is 0.345. The largest absolute Gasteiger partial charge is 0.300 e. The van der Waals surface area contributed by atoms with E-state index in [-0.39, 0.29) is 0 Å². The highest BCUT2D eigenvalue weighted by Crippen LogP contribution is 2.09. The molecule has 0 unspecified atom stereocenters.